The third-order valence-corrected chi connectivity index (χ3v) is 6.06. The molecule has 2 aromatic rings. The molecule has 1 saturated heterocycles. The molecule has 0 spiro atoms. The molecule has 0 N–H and O–H groups in total. The minimum absolute atomic E-state index is 0.0413. The zero-order valence-corrected chi connectivity index (χ0v) is 18.5. The van der Waals surface area contributed by atoms with Crippen molar-refractivity contribution in [1.82, 2.24) is 4.90 Å². The first-order valence-corrected chi connectivity index (χ1v) is 11.2. The van der Waals surface area contributed by atoms with Crippen molar-refractivity contribution < 1.29 is 17.4 Å². The van der Waals surface area contributed by atoms with Crippen LogP contribution < -0.4 is 9.08 Å². The Morgan fingerprint density at radius 2 is 1.79 bits per heavy atom. The average Bonchev–Trinajstić information content (AvgIpc) is 2.94. The Labute approximate surface area is 174 Å². The third-order valence-electron chi connectivity index (χ3n) is 4.34. The van der Waals surface area contributed by atoms with E-state index in [1.165, 1.54) is 12.1 Å². The number of carbonyl (C=O) groups excluding carboxylic acids is 1. The zero-order valence-electron chi connectivity index (χ0n) is 16.1. The number of hydrogen-bond acceptors (Lipinski definition) is 4. The van der Waals surface area contributed by atoms with E-state index in [0.717, 1.165) is 10.0 Å². The number of hydrogen-bond donors (Lipinski definition) is 0. The van der Waals surface area contributed by atoms with Crippen LogP contribution in [0.3, 0.4) is 0 Å². The summed E-state index contributed by atoms with van der Waals surface area (Å²) in [4.78, 5) is 16.1. The van der Waals surface area contributed by atoms with E-state index in [4.69, 9.17) is 4.18 Å². The minimum Gasteiger partial charge on any atom is -0.379 e. The molecule has 0 unspecified atom stereocenters. The van der Waals surface area contributed by atoms with Gasteiger partial charge < -0.3 is 9.08 Å². The van der Waals surface area contributed by atoms with Gasteiger partial charge >= 0.3 is 16.1 Å². The summed E-state index contributed by atoms with van der Waals surface area (Å²) in [6.45, 7) is 7.97. The fourth-order valence-corrected chi connectivity index (χ4v) is 4.65. The Balaban J connectivity index is 1.76. The van der Waals surface area contributed by atoms with Crippen LogP contribution in [0.15, 0.2) is 51.8 Å². The number of benzene rings is 2. The average molecular weight is 467 g/mol. The molecular weight excluding hydrogens is 444 g/mol. The van der Waals surface area contributed by atoms with E-state index in [2.05, 4.69) is 29.8 Å². The first-order chi connectivity index (χ1) is 13.2. The summed E-state index contributed by atoms with van der Waals surface area (Å²) in [6.07, 6.45) is 0. The second kappa shape index (κ2) is 8.13. The van der Waals surface area contributed by atoms with Gasteiger partial charge in [-0.15, -0.1) is 0 Å². The molecule has 1 aliphatic rings. The maximum absolute atomic E-state index is 12.6. The van der Waals surface area contributed by atoms with Gasteiger partial charge in [-0.05, 0) is 60.9 Å². The lowest BCUT2D eigenvalue weighted by Gasteiger charge is -2.20. The molecule has 0 radical (unpaired) electrons. The molecule has 0 aromatic heterocycles. The van der Waals surface area contributed by atoms with Crippen molar-refractivity contribution in [3.8, 4) is 5.75 Å². The summed E-state index contributed by atoms with van der Waals surface area (Å²) in [5.41, 5.74) is 1.56. The van der Waals surface area contributed by atoms with Gasteiger partial charge in [-0.25, -0.2) is 4.79 Å². The van der Waals surface area contributed by atoms with Gasteiger partial charge in [0.2, 0.25) is 0 Å². The van der Waals surface area contributed by atoms with E-state index in [0.29, 0.717) is 31.2 Å². The molecule has 1 aliphatic heterocycles. The highest BCUT2D eigenvalue weighted by molar-refractivity contribution is 9.10. The predicted octanol–water partition coefficient (Wildman–Crippen LogP) is 4.42. The van der Waals surface area contributed by atoms with E-state index in [1.54, 1.807) is 29.2 Å². The molecule has 0 saturated carbocycles. The van der Waals surface area contributed by atoms with Gasteiger partial charge in [-0.1, -0.05) is 29.8 Å². The molecule has 6 nitrogen and oxygen atoms in total. The van der Waals surface area contributed by atoms with Gasteiger partial charge in [0.05, 0.1) is 0 Å². The van der Waals surface area contributed by atoms with Gasteiger partial charge in [0.15, 0.2) is 0 Å². The summed E-state index contributed by atoms with van der Waals surface area (Å²) >= 11 is 3.33. The first-order valence-electron chi connectivity index (χ1n) is 9.04. The van der Waals surface area contributed by atoms with Crippen molar-refractivity contribution in [3.05, 3.63) is 52.5 Å². The van der Waals surface area contributed by atoms with E-state index < -0.39 is 10.1 Å². The Morgan fingerprint density at radius 1 is 1.11 bits per heavy atom. The van der Waals surface area contributed by atoms with Gasteiger partial charge in [-0.2, -0.15) is 8.42 Å². The van der Waals surface area contributed by atoms with Crippen LogP contribution in [0.2, 0.25) is 0 Å². The van der Waals surface area contributed by atoms with Crippen molar-refractivity contribution in [3.63, 3.8) is 0 Å². The van der Waals surface area contributed by atoms with Gasteiger partial charge in [-0.3, -0.25) is 4.90 Å². The highest BCUT2D eigenvalue weighted by Crippen LogP contribution is 2.27. The second-order valence-electron chi connectivity index (χ2n) is 7.27. The number of rotatable bonds is 6. The lowest BCUT2D eigenvalue weighted by Crippen LogP contribution is -2.34. The quantitative estimate of drug-likeness (QED) is 0.590. The van der Waals surface area contributed by atoms with Crippen LogP contribution in [-0.2, 0) is 10.1 Å². The normalized spacial score (nSPS) is 14.8. The van der Waals surface area contributed by atoms with Crippen LogP contribution in [0.25, 0.3) is 0 Å². The number of nitrogens with zero attached hydrogens (tertiary/aromatic N) is 2. The molecule has 8 heteroatoms. The Kier molecular flexibility index (Phi) is 6.00. The molecule has 2 aromatic carbocycles. The predicted molar refractivity (Wildman–Crippen MR) is 112 cm³/mol. The van der Waals surface area contributed by atoms with Gasteiger partial charge in [0.25, 0.3) is 0 Å². The van der Waals surface area contributed by atoms with Crippen molar-refractivity contribution in [1.29, 1.82) is 0 Å². The fraction of sp³-hybridized carbons (Fsp3) is 0.350. The largest absolute Gasteiger partial charge is 0.379 e. The number of amides is 2. The number of aryl methyl sites for hydroxylation is 1. The molecule has 2 amide bonds. The van der Waals surface area contributed by atoms with Crippen molar-refractivity contribution in [2.45, 2.75) is 25.7 Å². The van der Waals surface area contributed by atoms with Crippen molar-refractivity contribution in [2.24, 2.45) is 5.92 Å². The molecule has 0 bridgehead atoms. The Bertz CT molecular complexity index is 954. The number of carbonyl (C=O) groups is 1. The summed E-state index contributed by atoms with van der Waals surface area (Å²) < 4.78 is 31.1. The topological polar surface area (TPSA) is 66.9 Å². The molecule has 0 atom stereocenters. The van der Waals surface area contributed by atoms with E-state index in [9.17, 15) is 13.2 Å². The van der Waals surface area contributed by atoms with Crippen LogP contribution in [-0.4, -0.2) is 39.0 Å². The number of urea groups is 1. The standard InChI is InChI=1S/C20H23BrN2O4S/c1-14(2)13-22-8-9-23(20(22)24)17-4-6-19(7-5-17)28(25,26)27-18-11-15(3)10-16(21)12-18/h4-7,10-12,14H,8-9,13H2,1-3H3. The summed E-state index contributed by atoms with van der Waals surface area (Å²) in [5, 5.41) is 0. The molecule has 28 heavy (non-hydrogen) atoms. The van der Waals surface area contributed by atoms with Crippen LogP contribution in [0.4, 0.5) is 10.5 Å². The molecule has 150 valence electrons. The highest BCUT2D eigenvalue weighted by Gasteiger charge is 2.30. The summed E-state index contributed by atoms with van der Waals surface area (Å²) in [7, 11) is -3.96. The van der Waals surface area contributed by atoms with Crippen molar-refractivity contribution in [2.75, 3.05) is 24.5 Å². The highest BCUT2D eigenvalue weighted by atomic mass is 79.9. The second-order valence-corrected chi connectivity index (χ2v) is 9.73. The van der Waals surface area contributed by atoms with Crippen LogP contribution >= 0.6 is 15.9 Å². The van der Waals surface area contributed by atoms with Gasteiger partial charge in [0.1, 0.15) is 10.6 Å². The summed E-state index contributed by atoms with van der Waals surface area (Å²) in [5.74, 6) is 0.644. The molecule has 1 heterocycles. The van der Waals surface area contributed by atoms with Crippen LogP contribution in [0.1, 0.15) is 19.4 Å². The smallest absolute Gasteiger partial charge is 0.339 e. The number of anilines is 1. The SMILES string of the molecule is Cc1cc(Br)cc(OS(=O)(=O)c2ccc(N3CCN(CC(C)C)C3=O)cc2)c1. The van der Waals surface area contributed by atoms with Crippen LogP contribution in [0, 0.1) is 12.8 Å². The van der Waals surface area contributed by atoms with E-state index >= 15 is 0 Å². The maximum Gasteiger partial charge on any atom is 0.339 e. The molecule has 1 fully saturated rings. The van der Waals surface area contributed by atoms with E-state index in [-0.39, 0.29) is 16.7 Å². The fourth-order valence-electron chi connectivity index (χ4n) is 3.15. The Hall–Kier alpha value is -2.06. The first kappa shape index (κ1) is 20.7. The van der Waals surface area contributed by atoms with Crippen molar-refractivity contribution >= 4 is 37.8 Å². The lowest BCUT2D eigenvalue weighted by atomic mass is 10.2. The molecule has 0 aliphatic carbocycles. The number of halogens is 1. The van der Waals surface area contributed by atoms with Crippen LogP contribution in [0.5, 0.6) is 5.75 Å². The Morgan fingerprint density at radius 3 is 2.39 bits per heavy atom. The zero-order chi connectivity index (χ0) is 20.5. The molecular formula is C20H23BrN2O4S. The van der Waals surface area contributed by atoms with E-state index in [1.807, 2.05) is 17.9 Å². The summed E-state index contributed by atoms with van der Waals surface area (Å²) in [6, 6.07) is 11.3. The minimum atomic E-state index is -3.96. The van der Waals surface area contributed by atoms with Gasteiger partial charge in [0, 0.05) is 29.8 Å². The molecule has 3 rings (SSSR count). The monoisotopic (exact) mass is 466 g/mol. The lowest BCUT2D eigenvalue weighted by molar-refractivity contribution is 0.215. The third kappa shape index (κ3) is 4.67. The maximum atomic E-state index is 12.6.